The molecule has 1 aromatic heterocycles. The van der Waals surface area contributed by atoms with Gasteiger partial charge in [-0.15, -0.1) is 10.1 Å². The predicted octanol–water partition coefficient (Wildman–Crippen LogP) is 4.75. The first-order valence-electron chi connectivity index (χ1n) is 7.93. The topological polar surface area (TPSA) is 90.4 Å². The standard InChI is InChI=1S/C18H15ClF2N2O.HNO3/c19-15-5-1-13(2-6-15)11-24-17(14-3-7-16(20)8-4-14)18(21)23-10-9-22-12-23;2-1(3)4/h1-10,12,17-18H,11H2;(H,2,3,4). The second kappa shape index (κ2) is 10.3. The molecule has 1 N–H and O–H groups in total. The highest BCUT2D eigenvalue weighted by molar-refractivity contribution is 6.30. The van der Waals surface area contributed by atoms with Crippen LogP contribution in [-0.2, 0) is 11.3 Å². The van der Waals surface area contributed by atoms with Gasteiger partial charge in [-0.2, -0.15) is 0 Å². The molecule has 0 saturated heterocycles. The average molecular weight is 412 g/mol. The van der Waals surface area contributed by atoms with Crippen LogP contribution in [0.1, 0.15) is 23.5 Å². The van der Waals surface area contributed by atoms with Gasteiger partial charge in [0.2, 0.25) is 6.30 Å². The summed E-state index contributed by atoms with van der Waals surface area (Å²) >= 11 is 5.86. The van der Waals surface area contributed by atoms with Crippen LogP contribution in [0.2, 0.25) is 5.02 Å². The molecule has 2 aromatic carbocycles. The Balaban J connectivity index is 0.000000640. The van der Waals surface area contributed by atoms with E-state index >= 15 is 0 Å². The number of ether oxygens (including phenoxy) is 1. The smallest absolute Gasteiger partial charge is 0.291 e. The van der Waals surface area contributed by atoms with Crippen molar-refractivity contribution in [2.45, 2.75) is 19.0 Å². The quantitative estimate of drug-likeness (QED) is 0.466. The van der Waals surface area contributed by atoms with E-state index in [9.17, 15) is 8.78 Å². The van der Waals surface area contributed by atoms with Crippen LogP contribution >= 0.6 is 11.6 Å². The molecule has 0 fully saturated rings. The Kier molecular flexibility index (Phi) is 7.85. The van der Waals surface area contributed by atoms with E-state index in [2.05, 4.69) is 4.98 Å². The normalized spacial score (nSPS) is 12.5. The highest BCUT2D eigenvalue weighted by Gasteiger charge is 2.25. The average Bonchev–Trinajstić information content (AvgIpc) is 3.19. The molecule has 0 saturated carbocycles. The van der Waals surface area contributed by atoms with Gasteiger partial charge in [0.25, 0.3) is 5.09 Å². The van der Waals surface area contributed by atoms with Gasteiger partial charge < -0.3 is 14.5 Å². The lowest BCUT2D eigenvalue weighted by atomic mass is 10.1. The molecular weight excluding hydrogens is 396 g/mol. The third-order valence-corrected chi connectivity index (χ3v) is 3.85. The molecule has 2 unspecified atom stereocenters. The maximum atomic E-state index is 14.9. The molecule has 2 atom stereocenters. The van der Waals surface area contributed by atoms with Crippen molar-refractivity contribution >= 4 is 11.6 Å². The second-order valence-corrected chi connectivity index (χ2v) is 5.97. The molecule has 0 bridgehead atoms. The molecule has 0 amide bonds. The molecule has 28 heavy (non-hydrogen) atoms. The number of halogens is 3. The Hall–Kier alpha value is -3.04. The summed E-state index contributed by atoms with van der Waals surface area (Å²) in [4.78, 5) is 12.2. The van der Waals surface area contributed by atoms with Gasteiger partial charge >= 0.3 is 0 Å². The lowest BCUT2D eigenvalue weighted by Gasteiger charge is -2.23. The fourth-order valence-electron chi connectivity index (χ4n) is 2.33. The van der Waals surface area contributed by atoms with Crippen molar-refractivity contribution in [1.29, 1.82) is 0 Å². The largest absolute Gasteiger partial charge is 0.364 e. The minimum Gasteiger partial charge on any atom is -0.364 e. The molecular formula is C18H16ClF2N3O4. The number of benzene rings is 2. The zero-order valence-electron chi connectivity index (χ0n) is 14.4. The van der Waals surface area contributed by atoms with Gasteiger partial charge in [0.15, 0.2) is 0 Å². The fraction of sp³-hybridized carbons (Fsp3) is 0.167. The van der Waals surface area contributed by atoms with Crippen LogP contribution in [0, 0.1) is 15.9 Å². The Bertz CT molecular complexity index is 858. The first-order valence-corrected chi connectivity index (χ1v) is 8.31. The van der Waals surface area contributed by atoms with Gasteiger partial charge in [0, 0.05) is 17.4 Å². The Labute approximate surface area is 163 Å². The number of rotatable bonds is 6. The molecule has 0 spiro atoms. The first-order chi connectivity index (χ1) is 13.4. The first kappa shape index (κ1) is 21.3. The summed E-state index contributed by atoms with van der Waals surface area (Å²) in [6, 6.07) is 12.7. The zero-order chi connectivity index (χ0) is 20.5. The van der Waals surface area contributed by atoms with Crippen LogP contribution < -0.4 is 0 Å². The minimum absolute atomic E-state index is 0.203. The van der Waals surface area contributed by atoms with Crippen molar-refractivity contribution < 1.29 is 23.8 Å². The van der Waals surface area contributed by atoms with E-state index in [1.54, 1.807) is 12.1 Å². The van der Waals surface area contributed by atoms with E-state index in [4.69, 9.17) is 31.7 Å². The fourth-order valence-corrected chi connectivity index (χ4v) is 2.45. The van der Waals surface area contributed by atoms with E-state index in [1.807, 2.05) is 12.1 Å². The van der Waals surface area contributed by atoms with Crippen LogP contribution in [0.4, 0.5) is 8.78 Å². The highest BCUT2D eigenvalue weighted by atomic mass is 35.5. The Morgan fingerprint density at radius 3 is 2.36 bits per heavy atom. The molecule has 0 aliphatic carbocycles. The van der Waals surface area contributed by atoms with Crippen molar-refractivity contribution in [3.8, 4) is 0 Å². The van der Waals surface area contributed by atoms with E-state index in [1.165, 1.54) is 47.6 Å². The molecule has 7 nitrogen and oxygen atoms in total. The van der Waals surface area contributed by atoms with Gasteiger partial charge in [0.05, 0.1) is 12.9 Å². The van der Waals surface area contributed by atoms with Crippen LogP contribution in [0.15, 0.2) is 67.3 Å². The summed E-state index contributed by atoms with van der Waals surface area (Å²) in [6.45, 7) is 0.203. The summed E-state index contributed by atoms with van der Waals surface area (Å²) < 4.78 is 35.1. The third-order valence-electron chi connectivity index (χ3n) is 3.60. The molecule has 0 aliphatic heterocycles. The van der Waals surface area contributed by atoms with Crippen molar-refractivity contribution in [1.82, 2.24) is 9.55 Å². The van der Waals surface area contributed by atoms with Crippen LogP contribution in [0.5, 0.6) is 0 Å². The van der Waals surface area contributed by atoms with Crippen LogP contribution in [-0.4, -0.2) is 19.8 Å². The number of hydrogen-bond acceptors (Lipinski definition) is 4. The highest BCUT2D eigenvalue weighted by Crippen LogP contribution is 2.32. The van der Waals surface area contributed by atoms with Gasteiger partial charge in [-0.05, 0) is 35.4 Å². The molecule has 1 heterocycles. The summed E-state index contributed by atoms with van der Waals surface area (Å²) in [5.41, 5.74) is 1.41. The van der Waals surface area contributed by atoms with Crippen molar-refractivity contribution in [3.63, 3.8) is 0 Å². The SMILES string of the molecule is Fc1ccc(C(OCc2ccc(Cl)cc2)C(F)n2ccnc2)cc1.O=[N+]([O-])O. The number of nitrogens with zero attached hydrogens (tertiary/aromatic N) is 3. The number of hydrogen-bond donors (Lipinski definition) is 1. The van der Waals surface area contributed by atoms with Gasteiger partial charge in [-0.25, -0.2) is 13.8 Å². The van der Waals surface area contributed by atoms with Gasteiger partial charge in [-0.3, -0.25) is 0 Å². The van der Waals surface area contributed by atoms with Crippen LogP contribution in [0.3, 0.4) is 0 Å². The lowest BCUT2D eigenvalue weighted by Crippen LogP contribution is -2.16. The van der Waals surface area contributed by atoms with E-state index in [0.717, 1.165) is 5.56 Å². The molecule has 148 valence electrons. The van der Waals surface area contributed by atoms with E-state index in [0.29, 0.717) is 10.6 Å². The minimum atomic E-state index is -1.50. The maximum Gasteiger partial charge on any atom is 0.291 e. The van der Waals surface area contributed by atoms with Gasteiger partial charge in [-0.1, -0.05) is 35.9 Å². The zero-order valence-corrected chi connectivity index (χ0v) is 15.1. The number of aromatic nitrogens is 2. The lowest BCUT2D eigenvalue weighted by molar-refractivity contribution is -0.742. The summed E-state index contributed by atoms with van der Waals surface area (Å²) in [5.74, 6) is -0.381. The number of alkyl halides is 1. The second-order valence-electron chi connectivity index (χ2n) is 5.53. The van der Waals surface area contributed by atoms with E-state index in [-0.39, 0.29) is 12.4 Å². The maximum absolute atomic E-state index is 14.9. The molecule has 10 heteroatoms. The van der Waals surface area contributed by atoms with Crippen molar-refractivity contribution in [2.24, 2.45) is 0 Å². The number of imidazole rings is 1. The molecule has 0 aliphatic rings. The Morgan fingerprint density at radius 1 is 1.21 bits per heavy atom. The molecule has 3 rings (SSSR count). The predicted molar refractivity (Wildman–Crippen MR) is 96.5 cm³/mol. The molecule has 3 aromatic rings. The third kappa shape index (κ3) is 6.60. The van der Waals surface area contributed by atoms with Gasteiger partial charge in [0.1, 0.15) is 11.9 Å². The monoisotopic (exact) mass is 411 g/mol. The molecule has 0 radical (unpaired) electrons. The summed E-state index contributed by atoms with van der Waals surface area (Å²) in [6.07, 6.45) is 2.02. The van der Waals surface area contributed by atoms with Crippen molar-refractivity contribution in [2.75, 3.05) is 0 Å². The summed E-state index contributed by atoms with van der Waals surface area (Å²) in [7, 11) is 0. The summed E-state index contributed by atoms with van der Waals surface area (Å²) in [5, 5.41) is 14.3. The van der Waals surface area contributed by atoms with E-state index < -0.39 is 17.5 Å². The van der Waals surface area contributed by atoms with Crippen LogP contribution in [0.25, 0.3) is 0 Å². The van der Waals surface area contributed by atoms with Crippen molar-refractivity contribution in [3.05, 3.63) is 99.3 Å². The Morgan fingerprint density at radius 2 is 1.82 bits per heavy atom.